The largest absolute Gasteiger partial charge is 0.393 e. The van der Waals surface area contributed by atoms with Gasteiger partial charge in [-0.1, -0.05) is 11.6 Å². The number of nitrogens with zero attached hydrogens (tertiary/aromatic N) is 3. The molecule has 3 rings (SSSR count). The number of rotatable bonds is 2. The summed E-state index contributed by atoms with van der Waals surface area (Å²) in [5.74, 6) is -0.0711. The molecule has 2 fully saturated rings. The highest BCUT2D eigenvalue weighted by Crippen LogP contribution is 2.39. The van der Waals surface area contributed by atoms with Crippen molar-refractivity contribution in [3.05, 3.63) is 33.1 Å². The van der Waals surface area contributed by atoms with Crippen LogP contribution in [0, 0.1) is 22.0 Å². The number of carbonyl (C=O) groups excluding carboxylic acids is 1. The Morgan fingerprint density at radius 1 is 1.48 bits per heavy atom. The molecule has 7 nitrogen and oxygen atoms in total. The van der Waals surface area contributed by atoms with Crippen LogP contribution in [-0.2, 0) is 0 Å². The zero-order chi connectivity index (χ0) is 15.1. The molecule has 1 aliphatic carbocycles. The van der Waals surface area contributed by atoms with Crippen LogP contribution in [0.2, 0.25) is 5.15 Å². The third kappa shape index (κ3) is 2.47. The van der Waals surface area contributed by atoms with Crippen molar-refractivity contribution in [3.63, 3.8) is 0 Å². The SMILES string of the molecule is O=C(c1cc(Cl)ncc1[N+](=O)[O-])N1CC2CCC(O)C2C1. The summed E-state index contributed by atoms with van der Waals surface area (Å²) in [4.78, 5) is 28.1. The molecule has 0 spiro atoms. The van der Waals surface area contributed by atoms with E-state index in [1.807, 2.05) is 0 Å². The molecule has 0 bridgehead atoms. The summed E-state index contributed by atoms with van der Waals surface area (Å²) in [6, 6.07) is 1.23. The van der Waals surface area contributed by atoms with E-state index in [9.17, 15) is 20.0 Å². The second-order valence-electron chi connectivity index (χ2n) is 5.56. The Labute approximate surface area is 125 Å². The molecule has 2 heterocycles. The highest BCUT2D eigenvalue weighted by molar-refractivity contribution is 6.29. The molecule has 112 valence electrons. The van der Waals surface area contributed by atoms with Crippen LogP contribution in [0.15, 0.2) is 12.3 Å². The monoisotopic (exact) mass is 311 g/mol. The van der Waals surface area contributed by atoms with Gasteiger partial charge < -0.3 is 10.0 Å². The quantitative estimate of drug-likeness (QED) is 0.507. The van der Waals surface area contributed by atoms with Crippen molar-refractivity contribution in [2.45, 2.75) is 18.9 Å². The number of hydrogen-bond donors (Lipinski definition) is 1. The third-order valence-corrected chi connectivity index (χ3v) is 4.59. The van der Waals surface area contributed by atoms with Crippen molar-refractivity contribution in [1.29, 1.82) is 0 Å². The maximum atomic E-state index is 12.5. The molecule has 1 saturated carbocycles. The lowest BCUT2D eigenvalue weighted by Gasteiger charge is -2.18. The molecular formula is C13H14ClN3O4. The average molecular weight is 312 g/mol. The summed E-state index contributed by atoms with van der Waals surface area (Å²) >= 11 is 5.75. The maximum Gasteiger partial charge on any atom is 0.300 e. The molecule has 1 aliphatic heterocycles. The highest BCUT2D eigenvalue weighted by Gasteiger charge is 2.44. The average Bonchev–Trinajstić information content (AvgIpc) is 3.00. The summed E-state index contributed by atoms with van der Waals surface area (Å²) in [5, 5.41) is 20.9. The fourth-order valence-electron chi connectivity index (χ4n) is 3.31. The summed E-state index contributed by atoms with van der Waals surface area (Å²) in [7, 11) is 0. The Morgan fingerprint density at radius 3 is 2.90 bits per heavy atom. The molecule has 3 unspecified atom stereocenters. The molecule has 1 N–H and O–H groups in total. The van der Waals surface area contributed by atoms with Gasteiger partial charge in [0.05, 0.1) is 11.0 Å². The van der Waals surface area contributed by atoms with E-state index in [0.29, 0.717) is 13.1 Å². The minimum Gasteiger partial charge on any atom is -0.393 e. The summed E-state index contributed by atoms with van der Waals surface area (Å²) in [6.45, 7) is 0.958. The second kappa shape index (κ2) is 5.23. The van der Waals surface area contributed by atoms with E-state index in [1.54, 1.807) is 4.90 Å². The van der Waals surface area contributed by atoms with Gasteiger partial charge in [-0.25, -0.2) is 4.98 Å². The van der Waals surface area contributed by atoms with Crippen molar-refractivity contribution in [2.75, 3.05) is 13.1 Å². The number of aliphatic hydroxyl groups is 1. The number of carbonyl (C=O) groups is 1. The van der Waals surface area contributed by atoms with Gasteiger partial charge in [-0.3, -0.25) is 14.9 Å². The van der Waals surface area contributed by atoms with Crippen LogP contribution >= 0.6 is 11.6 Å². The molecule has 21 heavy (non-hydrogen) atoms. The standard InChI is InChI=1S/C13H14ClN3O4/c14-12-3-8(10(4-15-12)17(20)21)13(19)16-5-7-1-2-11(18)9(7)6-16/h3-4,7,9,11,18H,1-2,5-6H2. The van der Waals surface area contributed by atoms with Gasteiger partial charge in [-0.15, -0.1) is 0 Å². The Kier molecular flexibility index (Phi) is 3.54. The van der Waals surface area contributed by atoms with E-state index < -0.39 is 10.8 Å². The lowest BCUT2D eigenvalue weighted by atomic mass is 10.00. The first-order chi connectivity index (χ1) is 9.97. The Morgan fingerprint density at radius 2 is 2.24 bits per heavy atom. The Balaban J connectivity index is 1.86. The fraction of sp³-hybridized carbons (Fsp3) is 0.538. The highest BCUT2D eigenvalue weighted by atomic mass is 35.5. The zero-order valence-corrected chi connectivity index (χ0v) is 11.9. The zero-order valence-electron chi connectivity index (χ0n) is 11.1. The minimum atomic E-state index is -0.637. The molecule has 1 saturated heterocycles. The van der Waals surface area contributed by atoms with E-state index in [0.717, 1.165) is 19.0 Å². The van der Waals surface area contributed by atoms with Gasteiger partial charge in [0.25, 0.3) is 11.6 Å². The molecule has 1 aromatic heterocycles. The van der Waals surface area contributed by atoms with E-state index in [4.69, 9.17) is 11.6 Å². The van der Waals surface area contributed by atoms with Crippen LogP contribution in [0.1, 0.15) is 23.2 Å². The first-order valence-corrected chi connectivity index (χ1v) is 7.12. The van der Waals surface area contributed by atoms with E-state index >= 15 is 0 Å². The molecule has 0 aromatic carbocycles. The van der Waals surface area contributed by atoms with Gasteiger partial charge in [-0.05, 0) is 24.8 Å². The number of aromatic nitrogens is 1. The normalized spacial score (nSPS) is 27.7. The van der Waals surface area contributed by atoms with Gasteiger partial charge in [-0.2, -0.15) is 0 Å². The Hall–Kier alpha value is -1.73. The van der Waals surface area contributed by atoms with Crippen LogP contribution in [0.3, 0.4) is 0 Å². The lowest BCUT2D eigenvalue weighted by Crippen LogP contribution is -2.31. The van der Waals surface area contributed by atoms with Gasteiger partial charge in [0.15, 0.2) is 0 Å². The molecule has 2 aliphatic rings. The number of halogens is 1. The van der Waals surface area contributed by atoms with Crippen LogP contribution in [-0.4, -0.2) is 45.0 Å². The molecule has 8 heteroatoms. The van der Waals surface area contributed by atoms with Crippen molar-refractivity contribution in [3.8, 4) is 0 Å². The van der Waals surface area contributed by atoms with E-state index in [2.05, 4.69) is 4.98 Å². The van der Waals surface area contributed by atoms with E-state index in [1.165, 1.54) is 6.07 Å². The number of amides is 1. The molecule has 3 atom stereocenters. The number of likely N-dealkylation sites (tertiary alicyclic amines) is 1. The van der Waals surface area contributed by atoms with Gasteiger partial charge in [0.2, 0.25) is 0 Å². The molecule has 0 radical (unpaired) electrons. The smallest absolute Gasteiger partial charge is 0.300 e. The topological polar surface area (TPSA) is 96.6 Å². The summed E-state index contributed by atoms with van der Waals surface area (Å²) < 4.78 is 0. The molecule has 1 amide bonds. The first-order valence-electron chi connectivity index (χ1n) is 6.74. The van der Waals surface area contributed by atoms with Crippen LogP contribution < -0.4 is 0 Å². The van der Waals surface area contributed by atoms with Crippen molar-refractivity contribution in [2.24, 2.45) is 11.8 Å². The van der Waals surface area contributed by atoms with Crippen LogP contribution in [0.25, 0.3) is 0 Å². The number of aliphatic hydroxyl groups excluding tert-OH is 1. The molecular weight excluding hydrogens is 298 g/mol. The van der Waals surface area contributed by atoms with E-state index in [-0.39, 0.29) is 34.3 Å². The summed E-state index contributed by atoms with van der Waals surface area (Å²) in [5.41, 5.74) is -0.392. The maximum absolute atomic E-state index is 12.5. The lowest BCUT2D eigenvalue weighted by molar-refractivity contribution is -0.385. The predicted molar refractivity (Wildman–Crippen MR) is 74.0 cm³/mol. The fourth-order valence-corrected chi connectivity index (χ4v) is 3.47. The van der Waals surface area contributed by atoms with Crippen molar-refractivity contribution in [1.82, 2.24) is 9.88 Å². The van der Waals surface area contributed by atoms with Crippen molar-refractivity contribution < 1.29 is 14.8 Å². The number of nitro groups is 1. The van der Waals surface area contributed by atoms with Crippen molar-refractivity contribution >= 4 is 23.2 Å². The first kappa shape index (κ1) is 14.2. The second-order valence-corrected chi connectivity index (χ2v) is 5.95. The van der Waals surface area contributed by atoms with Crippen LogP contribution in [0.4, 0.5) is 5.69 Å². The number of fused-ring (bicyclic) bond motifs is 1. The minimum absolute atomic E-state index is 0.0448. The van der Waals surface area contributed by atoms with Gasteiger partial charge >= 0.3 is 0 Å². The van der Waals surface area contributed by atoms with Crippen LogP contribution in [0.5, 0.6) is 0 Å². The van der Waals surface area contributed by atoms with Gasteiger partial charge in [0.1, 0.15) is 16.9 Å². The Bertz CT molecular complexity index is 609. The number of pyridine rings is 1. The van der Waals surface area contributed by atoms with Gasteiger partial charge in [0, 0.05) is 19.0 Å². The number of hydrogen-bond acceptors (Lipinski definition) is 5. The summed E-state index contributed by atoms with van der Waals surface area (Å²) in [6.07, 6.45) is 2.26. The predicted octanol–water partition coefficient (Wildman–Crippen LogP) is 1.49. The third-order valence-electron chi connectivity index (χ3n) is 4.38. The molecule has 1 aromatic rings.